The highest BCUT2D eigenvalue weighted by atomic mass is 16.5. The zero-order valence-electron chi connectivity index (χ0n) is 27.2. The Bertz CT molecular complexity index is 2620. The van der Waals surface area contributed by atoms with Crippen LogP contribution in [-0.2, 0) is 0 Å². The third-order valence-corrected chi connectivity index (χ3v) is 7.93. The van der Waals surface area contributed by atoms with Crippen molar-refractivity contribution in [2.75, 3.05) is 0 Å². The second-order valence-electron chi connectivity index (χ2n) is 10.1. The smallest absolute Gasteiger partial charge is 0.135 e. The molecule has 0 saturated carbocycles. The number of nitrogens with zero attached hydrogens (tertiary/aromatic N) is 1. The first kappa shape index (κ1) is 16.6. The Morgan fingerprint density at radius 2 is 1.32 bits per heavy atom. The third-order valence-electron chi connectivity index (χ3n) is 7.93. The Morgan fingerprint density at radius 3 is 2.25 bits per heavy atom. The molecular formula is C38H23NO. The van der Waals surface area contributed by atoms with Gasteiger partial charge in [0.1, 0.15) is 11.5 Å². The molecule has 0 spiro atoms. The molecule has 7 aromatic carbocycles. The molecule has 0 fully saturated rings. The lowest BCUT2D eigenvalue weighted by molar-refractivity contribution is 0.487. The highest BCUT2D eigenvalue weighted by Crippen LogP contribution is 2.47. The molecule has 1 aromatic heterocycles. The van der Waals surface area contributed by atoms with Gasteiger partial charge in [-0.2, -0.15) is 0 Å². The molecule has 0 aliphatic carbocycles. The molecular weight excluding hydrogens is 486 g/mol. The normalized spacial score (nSPS) is 14.3. The van der Waals surface area contributed by atoms with Crippen LogP contribution in [0.25, 0.3) is 71.3 Å². The van der Waals surface area contributed by atoms with E-state index in [2.05, 4.69) is 71.3 Å². The predicted octanol–water partition coefficient (Wildman–Crippen LogP) is 10.5. The molecule has 0 amide bonds. The maximum atomic E-state index is 8.87. The van der Waals surface area contributed by atoms with Crippen LogP contribution < -0.4 is 4.74 Å². The van der Waals surface area contributed by atoms with Gasteiger partial charge in [-0.25, -0.2) is 0 Å². The molecule has 0 radical (unpaired) electrons. The van der Waals surface area contributed by atoms with Gasteiger partial charge in [0, 0.05) is 32.8 Å². The molecule has 1 aliphatic heterocycles. The summed E-state index contributed by atoms with van der Waals surface area (Å²) < 4.78 is 59.8. The van der Waals surface area contributed by atoms with Gasteiger partial charge in [0.05, 0.1) is 19.3 Å². The van der Waals surface area contributed by atoms with E-state index in [9.17, 15) is 0 Å². The van der Waals surface area contributed by atoms with Gasteiger partial charge >= 0.3 is 0 Å². The minimum absolute atomic E-state index is 0.0503. The highest BCUT2D eigenvalue weighted by Gasteiger charge is 2.21. The van der Waals surface area contributed by atoms with Crippen molar-refractivity contribution >= 4 is 43.4 Å². The second-order valence-corrected chi connectivity index (χ2v) is 10.1. The number of hydrogen-bond acceptors (Lipinski definition) is 1. The average molecular weight is 516 g/mol. The fraction of sp³-hybridized carbons (Fsp3) is 0. The monoisotopic (exact) mass is 515 g/mol. The molecule has 8 aromatic rings. The highest BCUT2D eigenvalue weighted by molar-refractivity contribution is 6.19. The van der Waals surface area contributed by atoms with Gasteiger partial charge in [-0.1, -0.05) is 103 Å². The van der Waals surface area contributed by atoms with Crippen LogP contribution in [0.1, 0.15) is 8.22 Å². The Balaban J connectivity index is 1.32. The van der Waals surface area contributed by atoms with E-state index in [1.54, 1.807) is 6.07 Å². The number of ether oxygens (including phenoxy) is 1. The van der Waals surface area contributed by atoms with Crippen molar-refractivity contribution in [2.45, 2.75) is 0 Å². The summed E-state index contributed by atoms with van der Waals surface area (Å²) >= 11 is 0. The van der Waals surface area contributed by atoms with Crippen LogP contribution in [0.4, 0.5) is 0 Å². The van der Waals surface area contributed by atoms with E-state index >= 15 is 0 Å². The van der Waals surface area contributed by atoms with Crippen LogP contribution in [0.5, 0.6) is 11.5 Å². The van der Waals surface area contributed by atoms with E-state index in [1.165, 1.54) is 10.8 Å². The molecule has 0 atom stereocenters. The summed E-state index contributed by atoms with van der Waals surface area (Å²) in [5, 5.41) is 4.95. The average Bonchev–Trinajstić information content (AvgIpc) is 3.43. The van der Waals surface area contributed by atoms with Gasteiger partial charge < -0.3 is 9.30 Å². The van der Waals surface area contributed by atoms with Crippen LogP contribution in [0.3, 0.4) is 0 Å². The standard InChI is InChI=1S/C38H23NO/c1-2-11-28(12-3-1)39-34-23-27(17-19-30(34)32-20-16-24-8-4-5-13-29(24)38(32)39)26-18-21-35-33(22-26)31-14-6-9-25-10-7-15-36(40-35)37(25)31/h1-23H/i6D,7D,9D,10D,14D,15D. The van der Waals surface area contributed by atoms with E-state index in [0.717, 1.165) is 38.6 Å². The van der Waals surface area contributed by atoms with Gasteiger partial charge in [0.15, 0.2) is 0 Å². The van der Waals surface area contributed by atoms with Gasteiger partial charge in [-0.05, 0) is 63.8 Å². The lowest BCUT2D eigenvalue weighted by atomic mass is 9.92. The fourth-order valence-corrected chi connectivity index (χ4v) is 6.13. The molecule has 2 heterocycles. The summed E-state index contributed by atoms with van der Waals surface area (Å²) in [5.41, 5.74) is 5.95. The topological polar surface area (TPSA) is 14.2 Å². The Labute approximate surface area is 239 Å². The largest absolute Gasteiger partial charge is 0.456 e. The zero-order valence-corrected chi connectivity index (χ0v) is 21.2. The second kappa shape index (κ2) is 8.08. The molecule has 9 rings (SSSR count). The molecule has 1 aliphatic rings. The van der Waals surface area contributed by atoms with Gasteiger partial charge in [-0.15, -0.1) is 0 Å². The van der Waals surface area contributed by atoms with Crippen molar-refractivity contribution in [3.8, 4) is 39.4 Å². The van der Waals surface area contributed by atoms with Crippen molar-refractivity contribution in [3.05, 3.63) is 139 Å². The first-order valence-corrected chi connectivity index (χ1v) is 13.2. The first-order valence-electron chi connectivity index (χ1n) is 16.2. The van der Waals surface area contributed by atoms with Gasteiger partial charge in [-0.3, -0.25) is 0 Å². The number of fused-ring (bicyclic) bond motifs is 7. The van der Waals surface area contributed by atoms with E-state index in [1.807, 2.05) is 30.3 Å². The SMILES string of the molecule is [2H]c1c([2H])c2c3c(c([2H])c([2H])c([2H])c3c1[2H])-c1cc(-c3ccc4c5ccc6ccccc6c5n(-c5ccccc5)c4c3)ccc1O2. The van der Waals surface area contributed by atoms with Crippen molar-refractivity contribution in [3.63, 3.8) is 0 Å². The number of rotatable bonds is 2. The molecule has 0 N–H and O–H groups in total. The van der Waals surface area contributed by atoms with Gasteiger partial charge in [0.25, 0.3) is 0 Å². The number of aromatic nitrogens is 1. The summed E-state index contributed by atoms with van der Waals surface area (Å²) in [6.45, 7) is 0. The van der Waals surface area contributed by atoms with E-state index in [-0.39, 0.29) is 52.8 Å². The van der Waals surface area contributed by atoms with Crippen LogP contribution in [-0.4, -0.2) is 4.57 Å². The lowest BCUT2D eigenvalue weighted by Crippen LogP contribution is -1.97. The molecule has 0 bridgehead atoms. The molecule has 2 nitrogen and oxygen atoms in total. The quantitative estimate of drug-likeness (QED) is 0.223. The summed E-state index contributed by atoms with van der Waals surface area (Å²) in [6.07, 6.45) is 0. The molecule has 2 heteroatoms. The Kier molecular flexibility index (Phi) is 3.35. The van der Waals surface area contributed by atoms with E-state index < -0.39 is 0 Å². The third kappa shape index (κ3) is 2.99. The van der Waals surface area contributed by atoms with Crippen molar-refractivity contribution in [1.29, 1.82) is 0 Å². The number of benzene rings is 7. The summed E-state index contributed by atoms with van der Waals surface area (Å²) in [6, 6.07) is 33.4. The predicted molar refractivity (Wildman–Crippen MR) is 167 cm³/mol. The minimum Gasteiger partial charge on any atom is -0.456 e. The zero-order chi connectivity index (χ0) is 31.4. The molecule has 0 saturated heterocycles. The lowest BCUT2D eigenvalue weighted by Gasteiger charge is -2.22. The Hall–Kier alpha value is -5.34. The van der Waals surface area contributed by atoms with Crippen molar-refractivity contribution in [2.24, 2.45) is 0 Å². The molecule has 0 unspecified atom stereocenters. The molecule has 40 heavy (non-hydrogen) atoms. The van der Waals surface area contributed by atoms with Crippen molar-refractivity contribution in [1.82, 2.24) is 4.57 Å². The van der Waals surface area contributed by atoms with Crippen molar-refractivity contribution < 1.29 is 13.0 Å². The maximum Gasteiger partial charge on any atom is 0.135 e. The van der Waals surface area contributed by atoms with Gasteiger partial charge in [0.2, 0.25) is 0 Å². The number of para-hydroxylation sites is 1. The molecule has 186 valence electrons. The van der Waals surface area contributed by atoms with Crippen LogP contribution in [0.2, 0.25) is 0 Å². The van der Waals surface area contributed by atoms with Crippen LogP contribution in [0, 0.1) is 0 Å². The first-order chi connectivity index (χ1) is 22.3. The van der Waals surface area contributed by atoms with E-state index in [4.69, 9.17) is 13.0 Å². The number of hydrogen-bond donors (Lipinski definition) is 0. The fourth-order valence-electron chi connectivity index (χ4n) is 6.13. The Morgan fingerprint density at radius 1 is 0.550 bits per heavy atom. The van der Waals surface area contributed by atoms with E-state index in [0.29, 0.717) is 16.9 Å². The van der Waals surface area contributed by atoms with Crippen LogP contribution >= 0.6 is 0 Å². The summed E-state index contributed by atoms with van der Waals surface area (Å²) in [5.74, 6) is 0.453. The minimum atomic E-state index is -0.367. The van der Waals surface area contributed by atoms with Crippen LogP contribution in [0.15, 0.2) is 139 Å². The summed E-state index contributed by atoms with van der Waals surface area (Å²) in [7, 11) is 0. The summed E-state index contributed by atoms with van der Waals surface area (Å²) in [4.78, 5) is 0. The maximum absolute atomic E-state index is 8.87.